The van der Waals surface area contributed by atoms with Gasteiger partial charge in [0.1, 0.15) is 0 Å². The molecule has 0 unspecified atom stereocenters. The van der Waals surface area contributed by atoms with Crippen LogP contribution in [0.1, 0.15) is 13.8 Å². The van der Waals surface area contributed by atoms with Crippen molar-refractivity contribution < 1.29 is 4.79 Å². The van der Waals surface area contributed by atoms with Crippen molar-refractivity contribution in [1.82, 2.24) is 15.3 Å². The van der Waals surface area contributed by atoms with Crippen molar-refractivity contribution in [3.63, 3.8) is 0 Å². The molecule has 0 radical (unpaired) electrons. The monoisotopic (exact) mass is 380 g/mol. The van der Waals surface area contributed by atoms with Crippen molar-refractivity contribution in [3.8, 4) is 0 Å². The van der Waals surface area contributed by atoms with Gasteiger partial charge in [-0.2, -0.15) is 0 Å². The molecule has 0 atom stereocenters. The fourth-order valence-corrected chi connectivity index (χ4v) is 3.79. The summed E-state index contributed by atoms with van der Waals surface area (Å²) < 4.78 is 0. The van der Waals surface area contributed by atoms with Gasteiger partial charge in [-0.1, -0.05) is 48.5 Å². The molecule has 0 aliphatic rings. The minimum Gasteiger partial charge on any atom is -0.336 e. The average Bonchev–Trinajstić information content (AvgIpc) is 2.72. The van der Waals surface area contributed by atoms with E-state index in [0.29, 0.717) is 5.69 Å². The zero-order valence-corrected chi connectivity index (χ0v) is 16.2. The molecule has 0 fully saturated rings. The minimum atomic E-state index is -0.232. The molecule has 142 valence electrons. The van der Waals surface area contributed by atoms with Gasteiger partial charge in [0.15, 0.2) is 0 Å². The number of urea groups is 1. The highest BCUT2D eigenvalue weighted by atomic mass is 16.2. The number of nitrogens with one attached hydrogen (secondary N) is 2. The van der Waals surface area contributed by atoms with Gasteiger partial charge < -0.3 is 10.6 Å². The summed E-state index contributed by atoms with van der Waals surface area (Å²) in [7, 11) is 0. The number of aromatic nitrogens is 2. The summed E-state index contributed by atoms with van der Waals surface area (Å²) in [5, 5.41) is 10.2. The van der Waals surface area contributed by atoms with Crippen LogP contribution in [0.4, 0.5) is 10.5 Å². The Kier molecular flexibility index (Phi) is 4.02. The molecular weight excluding hydrogens is 360 g/mol. The van der Waals surface area contributed by atoms with Crippen LogP contribution in [-0.2, 0) is 0 Å². The summed E-state index contributed by atoms with van der Waals surface area (Å²) >= 11 is 0. The molecule has 4 aromatic carbocycles. The molecule has 5 aromatic rings. The summed E-state index contributed by atoms with van der Waals surface area (Å²) in [6.07, 6.45) is 0. The van der Waals surface area contributed by atoms with Crippen LogP contribution < -0.4 is 10.6 Å². The van der Waals surface area contributed by atoms with Gasteiger partial charge in [0, 0.05) is 22.5 Å². The Bertz CT molecular complexity index is 1410. The number of benzene rings is 4. The van der Waals surface area contributed by atoms with Crippen LogP contribution in [0, 0.1) is 0 Å². The number of carbonyl (C=O) groups is 1. The maximum absolute atomic E-state index is 12.0. The molecule has 1 aromatic heterocycles. The fourth-order valence-electron chi connectivity index (χ4n) is 3.79. The largest absolute Gasteiger partial charge is 0.336 e. The number of hydrogen-bond acceptors (Lipinski definition) is 3. The molecule has 5 heteroatoms. The van der Waals surface area contributed by atoms with Gasteiger partial charge in [0.2, 0.25) is 0 Å². The van der Waals surface area contributed by atoms with Gasteiger partial charge in [-0.3, -0.25) is 0 Å². The predicted octanol–water partition coefficient (Wildman–Crippen LogP) is 5.62. The third-order valence-corrected chi connectivity index (χ3v) is 5.00. The number of amides is 2. The van der Waals surface area contributed by atoms with E-state index in [4.69, 9.17) is 9.97 Å². The molecular formula is C24H20N4O. The van der Waals surface area contributed by atoms with Crippen molar-refractivity contribution in [2.45, 2.75) is 19.9 Å². The van der Waals surface area contributed by atoms with E-state index in [9.17, 15) is 4.79 Å². The Morgan fingerprint density at radius 3 is 1.90 bits per heavy atom. The molecule has 2 amide bonds. The number of fused-ring (bicyclic) bond motifs is 7. The third kappa shape index (κ3) is 3.01. The van der Waals surface area contributed by atoms with E-state index in [1.807, 2.05) is 50.2 Å². The van der Waals surface area contributed by atoms with Gasteiger partial charge in [-0.05, 0) is 42.8 Å². The van der Waals surface area contributed by atoms with Crippen LogP contribution in [0.5, 0.6) is 0 Å². The Morgan fingerprint density at radius 2 is 1.31 bits per heavy atom. The highest BCUT2D eigenvalue weighted by Crippen LogP contribution is 2.34. The van der Waals surface area contributed by atoms with Crippen molar-refractivity contribution in [1.29, 1.82) is 0 Å². The lowest BCUT2D eigenvalue weighted by atomic mass is 9.99. The van der Waals surface area contributed by atoms with Crippen LogP contribution in [0.15, 0.2) is 66.7 Å². The van der Waals surface area contributed by atoms with E-state index in [2.05, 4.69) is 41.0 Å². The molecule has 0 aliphatic carbocycles. The lowest BCUT2D eigenvalue weighted by molar-refractivity contribution is 0.250. The molecule has 2 N–H and O–H groups in total. The normalized spacial score (nSPS) is 11.6. The molecule has 0 saturated carbocycles. The first kappa shape index (κ1) is 17.4. The first-order valence-electron chi connectivity index (χ1n) is 9.68. The molecule has 1 heterocycles. The van der Waals surface area contributed by atoms with E-state index < -0.39 is 0 Å². The predicted molar refractivity (Wildman–Crippen MR) is 119 cm³/mol. The van der Waals surface area contributed by atoms with Crippen LogP contribution in [-0.4, -0.2) is 22.0 Å². The molecule has 0 saturated heterocycles. The minimum absolute atomic E-state index is 0.0684. The number of anilines is 1. The van der Waals surface area contributed by atoms with Crippen molar-refractivity contribution in [2.75, 3.05) is 5.32 Å². The Labute approximate surface area is 167 Å². The highest BCUT2D eigenvalue weighted by molar-refractivity contribution is 6.23. The highest BCUT2D eigenvalue weighted by Gasteiger charge is 2.12. The summed E-state index contributed by atoms with van der Waals surface area (Å²) in [6, 6.07) is 22.0. The fraction of sp³-hybridized carbons (Fsp3) is 0.125. The first-order chi connectivity index (χ1) is 14.1. The van der Waals surface area contributed by atoms with Crippen molar-refractivity contribution in [3.05, 3.63) is 66.7 Å². The Morgan fingerprint density at radius 1 is 0.759 bits per heavy atom. The zero-order chi connectivity index (χ0) is 20.0. The molecule has 0 bridgehead atoms. The maximum atomic E-state index is 12.0. The second-order valence-electron chi connectivity index (χ2n) is 7.47. The topological polar surface area (TPSA) is 66.9 Å². The summed E-state index contributed by atoms with van der Waals surface area (Å²) in [6.45, 7) is 3.85. The van der Waals surface area contributed by atoms with E-state index in [1.54, 1.807) is 0 Å². The van der Waals surface area contributed by atoms with Crippen molar-refractivity contribution >= 4 is 55.3 Å². The van der Waals surface area contributed by atoms with Crippen LogP contribution in [0.3, 0.4) is 0 Å². The molecule has 5 nitrogen and oxygen atoms in total. The van der Waals surface area contributed by atoms with Crippen LogP contribution in [0.2, 0.25) is 0 Å². The van der Waals surface area contributed by atoms with E-state index in [1.165, 1.54) is 5.39 Å². The lowest BCUT2D eigenvalue weighted by Crippen LogP contribution is -2.34. The summed E-state index contributed by atoms with van der Waals surface area (Å²) in [4.78, 5) is 21.9. The summed E-state index contributed by atoms with van der Waals surface area (Å²) in [5.74, 6) is 0. The smallest absolute Gasteiger partial charge is 0.319 e. The molecule has 0 spiro atoms. The Balaban J connectivity index is 1.75. The average molecular weight is 380 g/mol. The van der Waals surface area contributed by atoms with Gasteiger partial charge in [-0.15, -0.1) is 0 Å². The van der Waals surface area contributed by atoms with Gasteiger partial charge in [-0.25, -0.2) is 14.8 Å². The quantitative estimate of drug-likeness (QED) is 0.308. The number of carbonyl (C=O) groups excluding carboxylic acids is 1. The van der Waals surface area contributed by atoms with Gasteiger partial charge in [0.05, 0.1) is 22.1 Å². The van der Waals surface area contributed by atoms with Crippen LogP contribution >= 0.6 is 0 Å². The Hall–Kier alpha value is -3.73. The van der Waals surface area contributed by atoms with Crippen molar-refractivity contribution in [2.24, 2.45) is 0 Å². The molecule has 0 aliphatic heterocycles. The second kappa shape index (κ2) is 6.71. The summed E-state index contributed by atoms with van der Waals surface area (Å²) in [5.41, 5.74) is 4.00. The second-order valence-corrected chi connectivity index (χ2v) is 7.47. The van der Waals surface area contributed by atoms with E-state index in [0.717, 1.165) is 38.2 Å². The number of nitrogens with zero attached hydrogens (tertiary/aromatic N) is 2. The maximum Gasteiger partial charge on any atom is 0.319 e. The third-order valence-electron chi connectivity index (χ3n) is 5.00. The SMILES string of the molecule is CC(C)NC(=O)Nc1ccc2nc3c4ccccc4c4ccccc4c3nc2c1. The first-order valence-corrected chi connectivity index (χ1v) is 9.68. The van der Waals surface area contributed by atoms with E-state index >= 15 is 0 Å². The number of hydrogen-bond donors (Lipinski definition) is 2. The van der Waals surface area contributed by atoms with Crippen LogP contribution in [0.25, 0.3) is 43.6 Å². The van der Waals surface area contributed by atoms with Gasteiger partial charge in [0.25, 0.3) is 0 Å². The zero-order valence-electron chi connectivity index (χ0n) is 16.2. The number of rotatable bonds is 2. The van der Waals surface area contributed by atoms with Gasteiger partial charge >= 0.3 is 6.03 Å². The molecule has 29 heavy (non-hydrogen) atoms. The van der Waals surface area contributed by atoms with E-state index in [-0.39, 0.29) is 12.1 Å². The lowest BCUT2D eigenvalue weighted by Gasteiger charge is -2.12. The standard InChI is InChI=1S/C24H20N4O/c1-14(2)25-24(29)26-15-11-12-20-21(13-15)28-23-19-10-6-4-8-17(19)16-7-3-5-9-18(16)22(23)27-20/h3-14H,1-2H3,(H2,25,26,29). The molecule has 5 rings (SSSR count).